The van der Waals surface area contributed by atoms with E-state index in [0.29, 0.717) is 29.8 Å². The molecule has 29 heavy (non-hydrogen) atoms. The summed E-state index contributed by atoms with van der Waals surface area (Å²) < 4.78 is 21.7. The second-order valence-corrected chi connectivity index (χ2v) is 6.65. The molecule has 0 amide bonds. The van der Waals surface area contributed by atoms with Crippen molar-refractivity contribution in [2.24, 2.45) is 0 Å². The first-order valence-corrected chi connectivity index (χ1v) is 9.51. The molecule has 1 saturated heterocycles. The molecule has 3 aromatic rings. The van der Waals surface area contributed by atoms with Gasteiger partial charge in [-0.1, -0.05) is 17.3 Å². The maximum atomic E-state index is 5.52. The van der Waals surface area contributed by atoms with Crippen molar-refractivity contribution in [1.29, 1.82) is 0 Å². The van der Waals surface area contributed by atoms with Crippen LogP contribution in [0.5, 0.6) is 17.2 Å². The van der Waals surface area contributed by atoms with Gasteiger partial charge in [0.25, 0.3) is 0 Å². The van der Waals surface area contributed by atoms with Crippen LogP contribution in [0.25, 0.3) is 11.4 Å². The van der Waals surface area contributed by atoms with E-state index in [9.17, 15) is 0 Å². The van der Waals surface area contributed by atoms with Gasteiger partial charge in [-0.05, 0) is 43.2 Å². The summed E-state index contributed by atoms with van der Waals surface area (Å²) in [4.78, 5) is 4.57. The average Bonchev–Trinajstić information content (AvgIpc) is 3.44. The normalized spacial score (nSPS) is 18.6. The lowest BCUT2D eigenvalue weighted by Crippen LogP contribution is -2.26. The van der Waals surface area contributed by atoms with Gasteiger partial charge in [-0.2, -0.15) is 4.98 Å². The summed E-state index contributed by atoms with van der Waals surface area (Å²) in [6.45, 7) is 2.63. The van der Waals surface area contributed by atoms with E-state index in [0.717, 1.165) is 17.7 Å². The molecule has 0 bridgehead atoms. The molecule has 2 atom stereocenters. The first-order valence-electron chi connectivity index (χ1n) is 9.51. The van der Waals surface area contributed by atoms with Crippen LogP contribution in [0.15, 0.2) is 47.0 Å². The Balaban J connectivity index is 1.48. The number of benzene rings is 2. The molecule has 4 rings (SSSR count). The summed E-state index contributed by atoms with van der Waals surface area (Å²) in [6.07, 6.45) is 0.787. The minimum absolute atomic E-state index is 0.0861. The van der Waals surface area contributed by atoms with Crippen molar-refractivity contribution >= 4 is 0 Å². The van der Waals surface area contributed by atoms with Gasteiger partial charge in [0.15, 0.2) is 0 Å². The van der Waals surface area contributed by atoms with Crippen LogP contribution in [0.3, 0.4) is 0 Å². The number of hydrogen-bond donors (Lipinski definition) is 2. The first kappa shape index (κ1) is 19.2. The lowest BCUT2D eigenvalue weighted by molar-refractivity contribution is 0.339. The summed E-state index contributed by atoms with van der Waals surface area (Å²) >= 11 is 0. The minimum Gasteiger partial charge on any atom is -0.497 e. The van der Waals surface area contributed by atoms with Crippen molar-refractivity contribution in [2.75, 3.05) is 20.8 Å². The second kappa shape index (κ2) is 8.50. The summed E-state index contributed by atoms with van der Waals surface area (Å²) in [5.74, 6) is 3.20. The number of hydrazine groups is 1. The van der Waals surface area contributed by atoms with Gasteiger partial charge in [0.2, 0.25) is 11.7 Å². The second-order valence-electron chi connectivity index (χ2n) is 6.65. The number of nitrogens with one attached hydrogen (secondary N) is 2. The largest absolute Gasteiger partial charge is 0.497 e. The molecule has 2 heterocycles. The Morgan fingerprint density at radius 3 is 2.48 bits per heavy atom. The van der Waals surface area contributed by atoms with Gasteiger partial charge in [-0.25, -0.2) is 10.9 Å². The fourth-order valence-corrected chi connectivity index (χ4v) is 3.37. The molecule has 2 N–H and O–H groups in total. The Kier molecular flexibility index (Phi) is 5.64. The van der Waals surface area contributed by atoms with Gasteiger partial charge in [-0.15, -0.1) is 0 Å². The van der Waals surface area contributed by atoms with Crippen LogP contribution in [-0.2, 0) is 0 Å². The van der Waals surface area contributed by atoms with Crippen LogP contribution >= 0.6 is 0 Å². The Morgan fingerprint density at radius 2 is 1.76 bits per heavy atom. The molecular formula is C21H24N4O4. The van der Waals surface area contributed by atoms with E-state index in [2.05, 4.69) is 33.1 Å². The number of methoxy groups -OCH3 is 2. The number of nitrogens with zero attached hydrogens (tertiary/aromatic N) is 2. The van der Waals surface area contributed by atoms with Crippen molar-refractivity contribution in [3.63, 3.8) is 0 Å². The monoisotopic (exact) mass is 396 g/mol. The lowest BCUT2D eigenvalue weighted by Gasteiger charge is -2.10. The van der Waals surface area contributed by atoms with Gasteiger partial charge < -0.3 is 18.7 Å². The van der Waals surface area contributed by atoms with E-state index in [1.54, 1.807) is 20.3 Å². The Bertz CT molecular complexity index is 958. The van der Waals surface area contributed by atoms with Crippen molar-refractivity contribution in [2.45, 2.75) is 25.4 Å². The summed E-state index contributed by atoms with van der Waals surface area (Å²) in [5, 5.41) is 4.13. The van der Waals surface area contributed by atoms with Crippen molar-refractivity contribution in [3.8, 4) is 28.6 Å². The zero-order valence-electron chi connectivity index (χ0n) is 16.6. The molecule has 8 nitrogen and oxygen atoms in total. The third kappa shape index (κ3) is 4.03. The minimum atomic E-state index is -0.0861. The number of hydrogen-bond acceptors (Lipinski definition) is 8. The highest BCUT2D eigenvalue weighted by molar-refractivity contribution is 5.65. The van der Waals surface area contributed by atoms with Crippen molar-refractivity contribution in [1.82, 2.24) is 21.0 Å². The summed E-state index contributed by atoms with van der Waals surface area (Å²) in [6, 6.07) is 13.6. The van der Waals surface area contributed by atoms with E-state index in [1.807, 2.05) is 31.2 Å². The third-order valence-electron chi connectivity index (χ3n) is 4.89. The highest BCUT2D eigenvalue weighted by Gasteiger charge is 2.30. The maximum Gasteiger partial charge on any atom is 0.245 e. The fraction of sp³-hybridized carbons (Fsp3) is 0.333. The fourth-order valence-electron chi connectivity index (χ4n) is 3.37. The first-order chi connectivity index (χ1) is 14.2. The van der Waals surface area contributed by atoms with E-state index in [4.69, 9.17) is 18.7 Å². The third-order valence-corrected chi connectivity index (χ3v) is 4.89. The van der Waals surface area contributed by atoms with Gasteiger partial charge in [0, 0.05) is 12.1 Å². The van der Waals surface area contributed by atoms with Crippen LogP contribution in [-0.4, -0.2) is 31.0 Å². The van der Waals surface area contributed by atoms with E-state index in [1.165, 1.54) is 5.56 Å². The van der Waals surface area contributed by atoms with Crippen LogP contribution in [0.1, 0.15) is 36.9 Å². The molecule has 0 spiro atoms. The highest BCUT2D eigenvalue weighted by atomic mass is 16.5. The molecule has 0 saturated carbocycles. The predicted molar refractivity (Wildman–Crippen MR) is 107 cm³/mol. The SMILES string of the molecule is CCOc1ccc(C2CC(c3nc(-c4ccc(OC)cc4OC)no3)NN2)cc1. The average molecular weight is 396 g/mol. The van der Waals surface area contributed by atoms with E-state index < -0.39 is 0 Å². The zero-order chi connectivity index (χ0) is 20.2. The van der Waals surface area contributed by atoms with Crippen LogP contribution in [0.4, 0.5) is 0 Å². The Hall–Kier alpha value is -3.10. The predicted octanol–water partition coefficient (Wildman–Crippen LogP) is 3.43. The molecule has 0 aliphatic carbocycles. The number of rotatable bonds is 7. The van der Waals surface area contributed by atoms with Gasteiger partial charge >= 0.3 is 0 Å². The molecule has 1 aliphatic rings. The zero-order valence-corrected chi connectivity index (χ0v) is 16.6. The van der Waals surface area contributed by atoms with Crippen LogP contribution < -0.4 is 25.1 Å². The molecule has 2 aromatic carbocycles. The Labute approximate surface area is 169 Å². The molecule has 1 fully saturated rings. The van der Waals surface area contributed by atoms with Gasteiger partial charge in [0.05, 0.1) is 26.4 Å². The van der Waals surface area contributed by atoms with Crippen molar-refractivity contribution < 1.29 is 18.7 Å². The van der Waals surface area contributed by atoms with Crippen molar-refractivity contribution in [3.05, 3.63) is 53.9 Å². The van der Waals surface area contributed by atoms with Crippen LogP contribution in [0.2, 0.25) is 0 Å². The molecule has 2 unspecified atom stereocenters. The quantitative estimate of drug-likeness (QED) is 0.628. The van der Waals surface area contributed by atoms with Crippen LogP contribution in [0, 0.1) is 0 Å². The molecule has 8 heteroatoms. The molecular weight excluding hydrogens is 372 g/mol. The molecule has 152 valence electrons. The molecule has 1 aromatic heterocycles. The highest BCUT2D eigenvalue weighted by Crippen LogP contribution is 2.34. The summed E-state index contributed by atoms with van der Waals surface area (Å²) in [5.41, 5.74) is 8.46. The number of ether oxygens (including phenoxy) is 3. The van der Waals surface area contributed by atoms with E-state index in [-0.39, 0.29) is 12.1 Å². The molecule has 0 radical (unpaired) electrons. The van der Waals surface area contributed by atoms with E-state index >= 15 is 0 Å². The number of aromatic nitrogens is 2. The maximum absolute atomic E-state index is 5.52. The lowest BCUT2D eigenvalue weighted by atomic mass is 10.0. The standard InChI is InChI=1S/C21H24N4O4/c1-4-28-14-7-5-13(6-8-14)17-12-18(24-23-17)21-22-20(25-29-21)16-10-9-15(26-2)11-19(16)27-3/h5-11,17-18,23-24H,4,12H2,1-3H3. The van der Waals surface area contributed by atoms with Gasteiger partial charge in [0.1, 0.15) is 23.3 Å². The van der Waals surface area contributed by atoms with Gasteiger partial charge in [-0.3, -0.25) is 0 Å². The Morgan fingerprint density at radius 1 is 1.00 bits per heavy atom. The smallest absolute Gasteiger partial charge is 0.245 e. The summed E-state index contributed by atoms with van der Waals surface area (Å²) in [7, 11) is 3.21. The topological polar surface area (TPSA) is 90.7 Å². The molecule has 1 aliphatic heterocycles.